The Balaban J connectivity index is 1.72. The lowest BCUT2D eigenvalue weighted by molar-refractivity contribution is -0.142. The maximum atomic E-state index is 14.6. The smallest absolute Gasteiger partial charge is 0.322 e. The van der Waals surface area contributed by atoms with Crippen LogP contribution in [0.25, 0.3) is 0 Å². The van der Waals surface area contributed by atoms with E-state index in [4.69, 9.17) is 32.8 Å². The molecule has 10 amide bonds. The lowest BCUT2D eigenvalue weighted by atomic mass is 10.0. The number of amides is 10. The summed E-state index contributed by atoms with van der Waals surface area (Å²) in [5.41, 5.74) is 24.2. The zero-order valence-corrected chi connectivity index (χ0v) is 43.2. The molecule has 4 rings (SSSR count). The van der Waals surface area contributed by atoms with Gasteiger partial charge in [0.2, 0.25) is 59.1 Å². The number of nitrogens with one attached hydrogen (secondary N) is 7. The highest BCUT2D eigenvalue weighted by Crippen LogP contribution is 2.26. The van der Waals surface area contributed by atoms with Crippen molar-refractivity contribution in [1.82, 2.24) is 42.1 Å². The normalized spacial score (nSPS) is 22.7. The van der Waals surface area contributed by atoms with Crippen molar-refractivity contribution >= 4 is 86.6 Å². The number of likely N-dealkylation sites (tertiary alicyclic amines) is 1. The minimum absolute atomic E-state index is 0.0224. The van der Waals surface area contributed by atoms with E-state index in [2.05, 4.69) is 37.2 Å². The highest BCUT2D eigenvalue weighted by molar-refractivity contribution is 8.76. The summed E-state index contributed by atoms with van der Waals surface area (Å²) in [6.07, 6.45) is -0.416. The number of ether oxygens (including phenoxy) is 1. The van der Waals surface area contributed by atoms with Crippen molar-refractivity contribution in [2.45, 2.75) is 119 Å². The lowest BCUT2D eigenvalue weighted by Gasteiger charge is -2.31. The van der Waals surface area contributed by atoms with Crippen molar-refractivity contribution in [3.8, 4) is 5.75 Å². The van der Waals surface area contributed by atoms with Crippen molar-refractivity contribution in [3.63, 3.8) is 0 Å². The Labute approximate surface area is 441 Å². The number of hydrogen-bond acceptors (Lipinski definition) is 16. The summed E-state index contributed by atoms with van der Waals surface area (Å²) in [6.45, 7) is 1.83. The fraction of sp³-hybridized carbons (Fsp3) is 0.521. The van der Waals surface area contributed by atoms with Gasteiger partial charge in [0.15, 0.2) is 0 Å². The van der Waals surface area contributed by atoms with Crippen LogP contribution in [0.3, 0.4) is 0 Å². The number of carbonyl (C=O) groups is 11. The molecule has 2 fully saturated rings. The third-order valence-electron chi connectivity index (χ3n) is 11.9. The number of benzene rings is 2. The zero-order valence-electron chi connectivity index (χ0n) is 41.5. The number of carbonyl (C=O) groups excluding carboxylic acids is 10. The number of carboxylic acid groups (broad SMARTS) is 1. The molecule has 0 bridgehead atoms. The molecule has 2 aliphatic rings. The predicted octanol–water partition coefficient (Wildman–Crippen LogP) is -3.04. The highest BCUT2D eigenvalue weighted by Gasteiger charge is 2.40. The van der Waals surface area contributed by atoms with E-state index in [9.17, 15) is 52.7 Å². The van der Waals surface area contributed by atoms with E-state index in [0.717, 1.165) is 21.6 Å². The second-order valence-electron chi connectivity index (χ2n) is 17.8. The molecule has 0 saturated carbocycles. The molecule has 410 valence electrons. The van der Waals surface area contributed by atoms with Gasteiger partial charge in [0, 0.05) is 37.3 Å². The summed E-state index contributed by atoms with van der Waals surface area (Å²) < 4.78 is 5.56. The Morgan fingerprint density at radius 3 is 1.96 bits per heavy atom. The molecular formula is C48H68N12O13S2. The Morgan fingerprint density at radius 2 is 1.35 bits per heavy atom. The van der Waals surface area contributed by atoms with Gasteiger partial charge in [0.05, 0.1) is 19.1 Å². The first-order valence-electron chi connectivity index (χ1n) is 24.4. The van der Waals surface area contributed by atoms with E-state index in [1.807, 2.05) is 6.92 Å². The molecular weight excluding hydrogens is 1020 g/mol. The van der Waals surface area contributed by atoms with Gasteiger partial charge in [-0.25, -0.2) is 0 Å². The number of primary amides is 2. The molecule has 25 nitrogen and oxygen atoms in total. The number of nitrogens with zero attached hydrogens (tertiary/aromatic N) is 1. The topological polar surface area (TPSA) is 409 Å². The van der Waals surface area contributed by atoms with E-state index in [-0.39, 0.29) is 43.7 Å². The average Bonchev–Trinajstić information content (AvgIpc) is 3.87. The molecule has 2 heterocycles. The summed E-state index contributed by atoms with van der Waals surface area (Å²) in [5, 5.41) is 26.9. The Kier molecular flexibility index (Phi) is 25.1. The van der Waals surface area contributed by atoms with Crippen LogP contribution in [0.4, 0.5) is 0 Å². The van der Waals surface area contributed by atoms with Crippen LogP contribution >= 0.6 is 21.6 Å². The number of unbranched alkanes of at least 4 members (excludes halogenated alkanes) is 1. The molecule has 27 heteroatoms. The molecule has 16 N–H and O–H groups in total. The SMILES string of the molecule is CCOc1ccc(C[C@@H]2NC(=O)[C@H](N)CSSC[C@@H](C(=O)N3CCC[C@H]3C(=O)N[C@@H](CCCCN)C(=O)NCC(=O)O)NC(=O)[C@H](CC(N)=O)NC(=O)[C@H](CCC(N)=O)NC(=O)[C@H](Cc3ccccc3)NC2=O)cc1. The highest BCUT2D eigenvalue weighted by atomic mass is 33.1. The Hall–Kier alpha value is -6.97. The third-order valence-corrected chi connectivity index (χ3v) is 14.4. The molecule has 2 saturated heterocycles. The van der Waals surface area contributed by atoms with Gasteiger partial charge in [-0.3, -0.25) is 52.7 Å². The molecule has 2 aliphatic heterocycles. The number of hydrogen-bond donors (Lipinski definition) is 12. The van der Waals surface area contributed by atoms with Gasteiger partial charge in [-0.1, -0.05) is 64.1 Å². The minimum atomic E-state index is -1.78. The van der Waals surface area contributed by atoms with Gasteiger partial charge in [0.1, 0.15) is 54.6 Å². The first-order chi connectivity index (χ1) is 35.8. The van der Waals surface area contributed by atoms with Gasteiger partial charge in [-0.05, 0) is 75.3 Å². The first-order valence-corrected chi connectivity index (χ1v) is 26.9. The van der Waals surface area contributed by atoms with Crippen molar-refractivity contribution in [2.24, 2.45) is 22.9 Å². The van der Waals surface area contributed by atoms with Crippen LogP contribution in [-0.4, -0.2) is 161 Å². The molecule has 0 unspecified atom stereocenters. The summed E-state index contributed by atoms with van der Waals surface area (Å²) in [5.74, 6) is -9.91. The van der Waals surface area contributed by atoms with Gasteiger partial charge in [0.25, 0.3) is 0 Å². The Morgan fingerprint density at radius 1 is 0.760 bits per heavy atom. The maximum absolute atomic E-state index is 14.6. The second kappa shape index (κ2) is 31.0. The number of aliphatic carboxylic acids is 1. The van der Waals surface area contributed by atoms with Gasteiger partial charge in [-0.2, -0.15) is 0 Å². The van der Waals surface area contributed by atoms with E-state index in [1.54, 1.807) is 54.6 Å². The fourth-order valence-corrected chi connectivity index (χ4v) is 10.3. The van der Waals surface area contributed by atoms with Crippen molar-refractivity contribution in [1.29, 1.82) is 0 Å². The molecule has 0 spiro atoms. The molecule has 0 aromatic heterocycles. The molecule has 2 aromatic carbocycles. The first kappa shape index (κ1) is 60.6. The molecule has 0 aliphatic carbocycles. The van der Waals surface area contributed by atoms with Crippen LogP contribution in [-0.2, 0) is 65.6 Å². The third kappa shape index (κ3) is 20.3. The quantitative estimate of drug-likeness (QED) is 0.0437. The largest absolute Gasteiger partial charge is 0.494 e. The average molecular weight is 1090 g/mol. The summed E-state index contributed by atoms with van der Waals surface area (Å²) in [6, 6.07) is 4.10. The maximum Gasteiger partial charge on any atom is 0.322 e. The van der Waals surface area contributed by atoms with Crippen molar-refractivity contribution in [3.05, 3.63) is 65.7 Å². The molecule has 2 aromatic rings. The molecule has 8 atom stereocenters. The fourth-order valence-electron chi connectivity index (χ4n) is 8.03. The van der Waals surface area contributed by atoms with Crippen LogP contribution in [0.1, 0.15) is 69.4 Å². The van der Waals surface area contributed by atoms with Gasteiger partial charge in [-0.15, -0.1) is 0 Å². The van der Waals surface area contributed by atoms with E-state index >= 15 is 0 Å². The van der Waals surface area contributed by atoms with Crippen LogP contribution in [0.2, 0.25) is 0 Å². The molecule has 0 radical (unpaired) electrons. The van der Waals surface area contributed by atoms with E-state index in [0.29, 0.717) is 49.3 Å². The van der Waals surface area contributed by atoms with E-state index in [1.165, 1.54) is 4.90 Å². The van der Waals surface area contributed by atoms with Crippen molar-refractivity contribution < 1.29 is 62.6 Å². The minimum Gasteiger partial charge on any atom is -0.494 e. The number of nitrogens with two attached hydrogens (primary N) is 4. The predicted molar refractivity (Wildman–Crippen MR) is 276 cm³/mol. The van der Waals surface area contributed by atoms with Crippen LogP contribution in [0, 0.1) is 0 Å². The van der Waals surface area contributed by atoms with Crippen molar-refractivity contribution in [2.75, 3.05) is 37.7 Å². The number of carboxylic acids is 1. The summed E-state index contributed by atoms with van der Waals surface area (Å²) >= 11 is 0. The van der Waals surface area contributed by atoms with Gasteiger partial charge < -0.3 is 74.9 Å². The summed E-state index contributed by atoms with van der Waals surface area (Å²) in [4.78, 5) is 149. The molecule has 75 heavy (non-hydrogen) atoms. The lowest BCUT2D eigenvalue weighted by Crippen LogP contribution is -2.61. The van der Waals surface area contributed by atoms with Crippen LogP contribution < -0.4 is 64.9 Å². The Bertz CT molecular complexity index is 2330. The van der Waals surface area contributed by atoms with Crippen LogP contribution in [0.15, 0.2) is 54.6 Å². The van der Waals surface area contributed by atoms with E-state index < -0.39 is 139 Å². The zero-order chi connectivity index (χ0) is 55.0. The monoisotopic (exact) mass is 1080 g/mol. The number of rotatable bonds is 21. The van der Waals surface area contributed by atoms with Crippen LogP contribution in [0.5, 0.6) is 5.75 Å². The standard InChI is InChI=1S/C48H68N12O13S2/c1-2-73-29-15-13-28(14-16-29)22-33-45(69)57-34(21-27-9-4-3-5-10-27)44(68)54-32(17-18-38(51)61)43(67)58-35(23-39(52)62)46(70)59-36(26-75-74-25-30(50)41(65)56-33)48(72)60-20-8-12-37(60)47(71)55-31(11-6-7-19-49)42(66)53-24-40(63)64/h3-5,9-10,13-16,30-37H,2,6-8,11-12,17-26,49-50H2,1H3,(H2,51,61)(H2,52,62)(H,53,66)(H,54,68)(H,55,71)(H,56,65)(H,57,69)(H,58,67)(H,59,70)(H,63,64)/t30-,31+,32+,33+,34+,35+,36+,37+/m1/s1. The van der Waals surface area contributed by atoms with Gasteiger partial charge >= 0.3 is 5.97 Å². The second-order valence-corrected chi connectivity index (χ2v) is 20.3. The summed E-state index contributed by atoms with van der Waals surface area (Å²) in [7, 11) is 2.04.